The van der Waals surface area contributed by atoms with Crippen LogP contribution in [0.25, 0.3) is 0 Å². The molecule has 0 radical (unpaired) electrons. The topological polar surface area (TPSA) is 52.7 Å². The van der Waals surface area contributed by atoms with Crippen molar-refractivity contribution in [2.75, 3.05) is 14.1 Å². The smallest absolute Gasteiger partial charge is 0.239 e. The maximum Gasteiger partial charge on any atom is 0.239 e. The quantitative estimate of drug-likeness (QED) is 0.695. The number of likely N-dealkylation sites (N-methyl/N-ethyl adjacent to an activating group) is 2. The molecule has 1 aliphatic heterocycles. The van der Waals surface area contributed by atoms with Gasteiger partial charge in [0.05, 0.1) is 22.1 Å². The first-order valence-corrected chi connectivity index (χ1v) is 10.5. The van der Waals surface area contributed by atoms with Gasteiger partial charge in [0.15, 0.2) is 0 Å². The van der Waals surface area contributed by atoms with Crippen molar-refractivity contribution < 1.29 is 18.4 Å². The molecule has 2 atom stereocenters. The highest BCUT2D eigenvalue weighted by Gasteiger charge is 2.35. The lowest BCUT2D eigenvalue weighted by atomic mass is 10.1. The summed E-state index contributed by atoms with van der Waals surface area (Å²) in [4.78, 5) is 28.5. The number of nitrogens with zero attached hydrogens (tertiary/aromatic N) is 2. The number of rotatable bonds is 6. The van der Waals surface area contributed by atoms with Gasteiger partial charge in [-0.2, -0.15) is 0 Å². The molecule has 0 bridgehead atoms. The van der Waals surface area contributed by atoms with E-state index in [-0.39, 0.29) is 34.9 Å². The van der Waals surface area contributed by atoms with Crippen LogP contribution >= 0.6 is 23.2 Å². The second-order valence-corrected chi connectivity index (χ2v) is 8.55. The zero-order chi connectivity index (χ0) is 22.7. The lowest BCUT2D eigenvalue weighted by Gasteiger charge is -2.24. The lowest BCUT2D eigenvalue weighted by Crippen LogP contribution is -2.48. The zero-order valence-corrected chi connectivity index (χ0v) is 18.7. The van der Waals surface area contributed by atoms with Crippen LogP contribution in [-0.4, -0.2) is 47.8 Å². The molecule has 1 heterocycles. The molecule has 1 N–H and O–H groups in total. The van der Waals surface area contributed by atoms with Gasteiger partial charge in [-0.1, -0.05) is 35.3 Å². The van der Waals surface area contributed by atoms with Crippen molar-refractivity contribution in [3.05, 3.63) is 69.2 Å². The molecule has 9 heteroatoms. The summed E-state index contributed by atoms with van der Waals surface area (Å²) in [6.07, 6.45) is 1.02. The van der Waals surface area contributed by atoms with E-state index in [1.54, 1.807) is 26.2 Å². The summed E-state index contributed by atoms with van der Waals surface area (Å²) < 4.78 is 27.3. The molecule has 3 rings (SSSR count). The third kappa shape index (κ3) is 5.73. The summed E-state index contributed by atoms with van der Waals surface area (Å²) in [5.74, 6) is -1.41. The molecular weight excluding hydrogens is 447 g/mol. The fourth-order valence-electron chi connectivity index (χ4n) is 3.64. The first-order chi connectivity index (χ1) is 14.7. The minimum atomic E-state index is -0.534. The highest BCUT2D eigenvalue weighted by atomic mass is 35.5. The van der Waals surface area contributed by atoms with E-state index in [1.165, 1.54) is 34.1 Å². The molecule has 2 unspecified atom stereocenters. The molecule has 0 aromatic heterocycles. The van der Waals surface area contributed by atoms with Crippen LogP contribution in [0.1, 0.15) is 24.0 Å². The Labute approximate surface area is 189 Å². The number of carbonyl (C=O) groups excluding carboxylic acids is 2. The Morgan fingerprint density at radius 1 is 0.871 bits per heavy atom. The van der Waals surface area contributed by atoms with Crippen molar-refractivity contribution in [3.8, 4) is 0 Å². The van der Waals surface area contributed by atoms with Crippen molar-refractivity contribution in [1.82, 2.24) is 15.1 Å². The van der Waals surface area contributed by atoms with E-state index in [4.69, 9.17) is 23.2 Å². The van der Waals surface area contributed by atoms with Crippen LogP contribution in [0.15, 0.2) is 36.4 Å². The number of nitrogens with one attached hydrogen (secondary N) is 1. The number of benzene rings is 2. The van der Waals surface area contributed by atoms with Crippen LogP contribution in [0.4, 0.5) is 8.78 Å². The molecule has 0 spiro atoms. The molecule has 0 aliphatic carbocycles. The van der Waals surface area contributed by atoms with Crippen LogP contribution in [0.3, 0.4) is 0 Å². The summed E-state index contributed by atoms with van der Waals surface area (Å²) in [6, 6.07) is 7.83. The molecule has 166 valence electrons. The van der Waals surface area contributed by atoms with E-state index in [9.17, 15) is 18.4 Å². The third-order valence-electron chi connectivity index (χ3n) is 5.30. The minimum absolute atomic E-state index is 0.0296. The van der Waals surface area contributed by atoms with Crippen LogP contribution in [-0.2, 0) is 22.7 Å². The van der Waals surface area contributed by atoms with Crippen molar-refractivity contribution in [2.24, 2.45) is 0 Å². The molecule has 1 fully saturated rings. The summed E-state index contributed by atoms with van der Waals surface area (Å²) in [6.45, 7) is 0.456. The average molecular weight is 470 g/mol. The van der Waals surface area contributed by atoms with E-state index >= 15 is 0 Å². The first kappa shape index (κ1) is 23.4. The van der Waals surface area contributed by atoms with E-state index in [2.05, 4.69) is 5.32 Å². The van der Waals surface area contributed by atoms with Gasteiger partial charge in [0.2, 0.25) is 11.8 Å². The SMILES string of the molecule is CN(Cc1ccc(Cl)c(F)c1)C(=O)C1CCC(C(=O)N(C)Cc2ccc(Cl)c(F)c2)N1. The maximum absolute atomic E-state index is 13.6. The Balaban J connectivity index is 1.55. The first-order valence-electron chi connectivity index (χ1n) is 9.79. The lowest BCUT2D eigenvalue weighted by molar-refractivity contribution is -0.133. The van der Waals surface area contributed by atoms with E-state index < -0.39 is 23.7 Å². The molecule has 1 saturated heterocycles. The number of carbonyl (C=O) groups is 2. The largest absolute Gasteiger partial charge is 0.340 e. The van der Waals surface area contributed by atoms with Gasteiger partial charge in [-0.3, -0.25) is 14.9 Å². The van der Waals surface area contributed by atoms with E-state index in [0.717, 1.165) is 0 Å². The van der Waals surface area contributed by atoms with Gasteiger partial charge in [-0.15, -0.1) is 0 Å². The number of hydrogen-bond acceptors (Lipinski definition) is 3. The van der Waals surface area contributed by atoms with E-state index in [0.29, 0.717) is 24.0 Å². The number of halogens is 4. The number of amides is 2. The van der Waals surface area contributed by atoms with Gasteiger partial charge in [0.1, 0.15) is 11.6 Å². The van der Waals surface area contributed by atoms with Gasteiger partial charge in [0.25, 0.3) is 0 Å². The standard InChI is InChI=1S/C22H23Cl2F2N3O2/c1-28(11-13-3-5-15(23)17(25)9-13)21(30)19-7-8-20(27-19)22(31)29(2)12-14-4-6-16(24)18(26)10-14/h3-6,9-10,19-20,27H,7-8,11-12H2,1-2H3. The van der Waals surface area contributed by atoms with Crippen molar-refractivity contribution in [2.45, 2.75) is 38.0 Å². The van der Waals surface area contributed by atoms with Crippen molar-refractivity contribution >= 4 is 35.0 Å². The highest BCUT2D eigenvalue weighted by Crippen LogP contribution is 2.21. The second-order valence-electron chi connectivity index (χ2n) is 7.73. The van der Waals surface area contributed by atoms with Gasteiger partial charge in [0, 0.05) is 27.2 Å². The average Bonchev–Trinajstić information content (AvgIpc) is 3.22. The third-order valence-corrected chi connectivity index (χ3v) is 5.92. The monoisotopic (exact) mass is 469 g/mol. The summed E-state index contributed by atoms with van der Waals surface area (Å²) >= 11 is 11.4. The van der Waals surface area contributed by atoms with Crippen molar-refractivity contribution in [1.29, 1.82) is 0 Å². The molecular formula is C22H23Cl2F2N3O2. The van der Waals surface area contributed by atoms with Gasteiger partial charge in [-0.25, -0.2) is 8.78 Å². The fourth-order valence-corrected chi connectivity index (χ4v) is 3.88. The van der Waals surface area contributed by atoms with Gasteiger partial charge >= 0.3 is 0 Å². The molecule has 2 aromatic rings. The van der Waals surface area contributed by atoms with Gasteiger partial charge < -0.3 is 9.80 Å². The molecule has 31 heavy (non-hydrogen) atoms. The Morgan fingerprint density at radius 3 is 1.61 bits per heavy atom. The Bertz CT molecular complexity index is 912. The van der Waals surface area contributed by atoms with Crippen LogP contribution in [0.2, 0.25) is 10.0 Å². The fraction of sp³-hybridized carbons (Fsp3) is 0.364. The second kappa shape index (κ2) is 9.94. The molecule has 2 aromatic carbocycles. The Kier molecular flexibility index (Phi) is 7.51. The number of hydrogen-bond donors (Lipinski definition) is 1. The van der Waals surface area contributed by atoms with Crippen LogP contribution < -0.4 is 5.32 Å². The Morgan fingerprint density at radius 2 is 1.26 bits per heavy atom. The molecule has 0 saturated carbocycles. The zero-order valence-electron chi connectivity index (χ0n) is 17.2. The maximum atomic E-state index is 13.6. The molecule has 5 nitrogen and oxygen atoms in total. The predicted molar refractivity (Wildman–Crippen MR) is 116 cm³/mol. The van der Waals surface area contributed by atoms with Gasteiger partial charge in [-0.05, 0) is 48.2 Å². The molecule has 1 aliphatic rings. The summed E-state index contributed by atoms with van der Waals surface area (Å²) in [5.41, 5.74) is 1.25. The summed E-state index contributed by atoms with van der Waals surface area (Å²) in [5, 5.41) is 3.15. The summed E-state index contributed by atoms with van der Waals surface area (Å²) in [7, 11) is 3.26. The predicted octanol–water partition coefficient (Wildman–Crippen LogP) is 4.01. The minimum Gasteiger partial charge on any atom is -0.340 e. The van der Waals surface area contributed by atoms with Crippen molar-refractivity contribution in [3.63, 3.8) is 0 Å². The normalized spacial score (nSPS) is 18.1. The van der Waals surface area contributed by atoms with E-state index in [1.807, 2.05) is 0 Å². The Hall–Kier alpha value is -2.22. The van der Waals surface area contributed by atoms with Crippen LogP contribution in [0.5, 0.6) is 0 Å². The van der Waals surface area contributed by atoms with Crippen LogP contribution in [0, 0.1) is 11.6 Å². The molecule has 2 amide bonds. The highest BCUT2D eigenvalue weighted by molar-refractivity contribution is 6.31.